The monoisotopic (exact) mass is 316 g/mol. The van der Waals surface area contributed by atoms with Gasteiger partial charge in [-0.1, -0.05) is 0 Å². The van der Waals surface area contributed by atoms with Gasteiger partial charge in [0.05, 0.1) is 0 Å². The molecule has 0 aliphatic heterocycles. The van der Waals surface area contributed by atoms with Crippen LogP contribution in [0.1, 0.15) is 18.1 Å². The molecule has 0 saturated carbocycles. The molecule has 0 aliphatic carbocycles. The normalized spacial score (nSPS) is 9.64. The summed E-state index contributed by atoms with van der Waals surface area (Å²) in [5, 5.41) is 0. The molecule has 0 saturated heterocycles. The second-order valence-corrected chi connectivity index (χ2v) is 5.37. The van der Waals surface area contributed by atoms with Gasteiger partial charge in [0.25, 0.3) is 0 Å². The van der Waals surface area contributed by atoms with Gasteiger partial charge in [-0.2, -0.15) is 0 Å². The Hall–Kier alpha value is -0.222. The first kappa shape index (κ1) is 8.87. The SMILES string of the molecule is C[C](=[W])Cc1ccc(C)cc1. The molecule has 1 rings (SSSR count). The van der Waals surface area contributed by atoms with Crippen LogP contribution in [-0.4, -0.2) is 3.90 Å². The van der Waals surface area contributed by atoms with Crippen molar-refractivity contribution >= 4 is 3.90 Å². The molecule has 1 aromatic carbocycles. The molecular formula is C10H12W. The number of rotatable bonds is 2. The van der Waals surface area contributed by atoms with Crippen molar-refractivity contribution in [1.29, 1.82) is 0 Å². The Morgan fingerprint density at radius 1 is 1.27 bits per heavy atom. The first-order valence-corrected chi connectivity index (χ1v) is 5.20. The van der Waals surface area contributed by atoms with Crippen molar-refractivity contribution in [3.8, 4) is 0 Å². The van der Waals surface area contributed by atoms with Crippen molar-refractivity contribution in [3.05, 3.63) is 35.4 Å². The van der Waals surface area contributed by atoms with Crippen LogP contribution in [0.4, 0.5) is 0 Å². The van der Waals surface area contributed by atoms with E-state index >= 15 is 0 Å². The van der Waals surface area contributed by atoms with Gasteiger partial charge >= 0.3 is 78.9 Å². The molecule has 0 nitrogen and oxygen atoms in total. The fourth-order valence-corrected chi connectivity index (χ4v) is 1.59. The number of hydrogen-bond donors (Lipinski definition) is 0. The Kier molecular flexibility index (Phi) is 3.20. The van der Waals surface area contributed by atoms with Crippen molar-refractivity contribution in [2.75, 3.05) is 0 Å². The van der Waals surface area contributed by atoms with Crippen molar-refractivity contribution < 1.29 is 19.4 Å². The summed E-state index contributed by atoms with van der Waals surface area (Å²) in [4.78, 5) is 0. The molecule has 58 valence electrons. The molecule has 0 unspecified atom stereocenters. The van der Waals surface area contributed by atoms with Crippen molar-refractivity contribution in [2.45, 2.75) is 20.3 Å². The standard InChI is InChI=1S/C10H12.W/c1-3-4-10-7-5-9(2)6-8-10;/h5-8H,4H2,1-2H3;. The van der Waals surface area contributed by atoms with E-state index in [0.717, 1.165) is 6.42 Å². The molecule has 0 aliphatic rings. The Bertz CT molecular complexity index is 246. The fraction of sp³-hybridized carbons (Fsp3) is 0.300. The van der Waals surface area contributed by atoms with Gasteiger partial charge in [0.1, 0.15) is 0 Å². The van der Waals surface area contributed by atoms with Gasteiger partial charge in [0.2, 0.25) is 0 Å². The summed E-state index contributed by atoms with van der Waals surface area (Å²) in [6, 6.07) is 8.77. The van der Waals surface area contributed by atoms with Crippen molar-refractivity contribution in [1.82, 2.24) is 0 Å². The minimum atomic E-state index is 1.15. The van der Waals surface area contributed by atoms with Crippen LogP contribution in [0.25, 0.3) is 0 Å². The van der Waals surface area contributed by atoms with E-state index in [9.17, 15) is 0 Å². The number of benzene rings is 1. The Labute approximate surface area is 79.0 Å². The summed E-state index contributed by atoms with van der Waals surface area (Å²) >= 11 is 1.60. The van der Waals surface area contributed by atoms with Gasteiger partial charge in [-0.3, -0.25) is 0 Å². The molecule has 0 bridgehead atoms. The summed E-state index contributed by atoms with van der Waals surface area (Å²) in [6.45, 7) is 4.33. The molecule has 11 heavy (non-hydrogen) atoms. The zero-order valence-corrected chi connectivity index (χ0v) is 9.86. The molecule has 1 heteroatoms. The van der Waals surface area contributed by atoms with Gasteiger partial charge < -0.3 is 0 Å². The minimum absolute atomic E-state index is 1.15. The maximum absolute atomic E-state index is 2.21. The second-order valence-electron chi connectivity index (χ2n) is 2.86. The third kappa shape index (κ3) is 3.12. The molecule has 0 fully saturated rings. The summed E-state index contributed by atoms with van der Waals surface area (Å²) < 4.78 is 1.55. The van der Waals surface area contributed by atoms with E-state index < -0.39 is 0 Å². The van der Waals surface area contributed by atoms with Crippen LogP contribution in [0, 0.1) is 6.92 Å². The van der Waals surface area contributed by atoms with Crippen molar-refractivity contribution in [2.24, 2.45) is 0 Å². The van der Waals surface area contributed by atoms with E-state index in [-0.39, 0.29) is 0 Å². The van der Waals surface area contributed by atoms with E-state index in [1.54, 1.807) is 23.3 Å². The summed E-state index contributed by atoms with van der Waals surface area (Å²) in [5.41, 5.74) is 2.78. The third-order valence-corrected chi connectivity index (χ3v) is 2.09. The Morgan fingerprint density at radius 3 is 2.27 bits per heavy atom. The second kappa shape index (κ2) is 3.97. The maximum atomic E-state index is 2.21. The van der Waals surface area contributed by atoms with Gasteiger partial charge in [-0.05, 0) is 0 Å². The van der Waals surface area contributed by atoms with Crippen LogP contribution in [0.5, 0.6) is 0 Å². The first-order chi connectivity index (χ1) is 5.18. The topological polar surface area (TPSA) is 0 Å². The summed E-state index contributed by atoms with van der Waals surface area (Å²) in [5.74, 6) is 0. The number of hydrogen-bond acceptors (Lipinski definition) is 0. The summed E-state index contributed by atoms with van der Waals surface area (Å²) in [6.07, 6.45) is 1.15. The predicted molar refractivity (Wildman–Crippen MR) is 45.6 cm³/mol. The van der Waals surface area contributed by atoms with E-state index in [1.807, 2.05) is 0 Å². The van der Waals surface area contributed by atoms with Crippen LogP contribution in [0.2, 0.25) is 0 Å². The Morgan fingerprint density at radius 2 is 1.82 bits per heavy atom. The molecule has 0 spiro atoms. The molecule has 0 amide bonds. The molecule has 1 aromatic rings. The quantitative estimate of drug-likeness (QED) is 0.785. The van der Waals surface area contributed by atoms with E-state index in [4.69, 9.17) is 0 Å². The van der Waals surface area contributed by atoms with Crippen LogP contribution < -0.4 is 0 Å². The van der Waals surface area contributed by atoms with Crippen LogP contribution >= 0.6 is 0 Å². The van der Waals surface area contributed by atoms with E-state index in [1.165, 1.54) is 11.1 Å². The molecular weight excluding hydrogens is 304 g/mol. The van der Waals surface area contributed by atoms with Gasteiger partial charge in [-0.25, -0.2) is 0 Å². The van der Waals surface area contributed by atoms with Crippen molar-refractivity contribution in [3.63, 3.8) is 0 Å². The third-order valence-electron chi connectivity index (χ3n) is 1.57. The molecule has 0 aromatic heterocycles. The predicted octanol–water partition coefficient (Wildman–Crippen LogP) is 2.28. The first-order valence-electron chi connectivity index (χ1n) is 3.73. The molecule has 0 heterocycles. The zero-order valence-electron chi connectivity index (χ0n) is 6.92. The number of aryl methyl sites for hydroxylation is 1. The zero-order chi connectivity index (χ0) is 8.27. The van der Waals surface area contributed by atoms with Gasteiger partial charge in [0, 0.05) is 0 Å². The van der Waals surface area contributed by atoms with E-state index in [0.29, 0.717) is 0 Å². The van der Waals surface area contributed by atoms with Crippen LogP contribution in [-0.2, 0) is 25.8 Å². The molecule has 0 N–H and O–H groups in total. The van der Waals surface area contributed by atoms with Crippen LogP contribution in [0.15, 0.2) is 24.3 Å². The van der Waals surface area contributed by atoms with E-state index in [2.05, 4.69) is 38.1 Å². The summed E-state index contributed by atoms with van der Waals surface area (Å²) in [7, 11) is 0. The van der Waals surface area contributed by atoms with Gasteiger partial charge in [-0.15, -0.1) is 0 Å². The fourth-order valence-electron chi connectivity index (χ4n) is 0.993. The average molecular weight is 316 g/mol. The molecule has 0 radical (unpaired) electrons. The Balaban J connectivity index is 2.74. The molecule has 0 atom stereocenters. The van der Waals surface area contributed by atoms with Crippen LogP contribution in [0.3, 0.4) is 0 Å². The average Bonchev–Trinajstić information content (AvgIpc) is 1.93. The van der Waals surface area contributed by atoms with Gasteiger partial charge in [0.15, 0.2) is 0 Å².